The van der Waals surface area contributed by atoms with E-state index in [1.165, 1.54) is 6.42 Å². The fourth-order valence-corrected chi connectivity index (χ4v) is 5.45. The van der Waals surface area contributed by atoms with E-state index in [9.17, 15) is 5.11 Å². The van der Waals surface area contributed by atoms with Crippen LogP contribution >= 0.6 is 18.6 Å². The third kappa shape index (κ3) is 2.46. The van der Waals surface area contributed by atoms with Crippen molar-refractivity contribution in [2.45, 2.75) is 35.3 Å². The molecule has 3 N–H and O–H groups in total. The first-order valence-corrected chi connectivity index (χ1v) is 11.0. The minimum absolute atomic E-state index is 0.0632. The Labute approximate surface area is 81.4 Å². The zero-order chi connectivity index (χ0) is 7.56. The van der Waals surface area contributed by atoms with Crippen molar-refractivity contribution >= 4 is 18.6 Å². The minimum atomic E-state index is -0.219. The Morgan fingerprint density at radius 2 is 2.20 bits per heavy atom. The molecule has 0 saturated heterocycles. The zero-order valence-corrected chi connectivity index (χ0v) is 9.95. The van der Waals surface area contributed by atoms with Crippen LogP contribution in [0.4, 0.5) is 0 Å². The monoisotopic (exact) mass is 368 g/mol. The van der Waals surface area contributed by atoms with Crippen LogP contribution in [0.25, 0.3) is 0 Å². The van der Waals surface area contributed by atoms with Crippen molar-refractivity contribution in [3.05, 3.63) is 0 Å². The number of halogens is 2. The van der Waals surface area contributed by atoms with Gasteiger partial charge in [0.15, 0.2) is 0 Å². The summed E-state index contributed by atoms with van der Waals surface area (Å²) in [5, 5.41) is 9.28. The molecule has 0 aromatic rings. The molecule has 1 saturated carbocycles. The van der Waals surface area contributed by atoms with Gasteiger partial charge in [0.1, 0.15) is 0 Å². The van der Waals surface area contributed by atoms with Gasteiger partial charge in [-0.2, -0.15) is 0 Å². The number of aliphatic hydroxyl groups excluding tert-OH is 1. The van der Waals surface area contributed by atoms with E-state index in [1.807, 2.05) is 0 Å². The number of rotatable bonds is 1. The molecule has 4 heteroatoms. The Bertz CT molecular complexity index is 112. The van der Waals surface area contributed by atoms with Crippen molar-refractivity contribution in [1.29, 1.82) is 0 Å². The maximum atomic E-state index is 9.28. The summed E-state index contributed by atoms with van der Waals surface area (Å²) in [6, 6.07) is 0.0632. The number of aliphatic hydroxyl groups is 1. The van der Waals surface area contributed by atoms with Crippen LogP contribution in [0, 0.1) is 0 Å². The van der Waals surface area contributed by atoms with Crippen LogP contribution in [0.1, 0.15) is 19.3 Å². The molecule has 10 heavy (non-hydrogen) atoms. The molecule has 0 bridgehead atoms. The standard InChI is InChI=1S/C6H12I2NO/c7-8-4-1-2-6(10)5(9)3-4/h4-6,10H,1-3,9H2/q-1. The maximum absolute atomic E-state index is 9.28. The topological polar surface area (TPSA) is 46.2 Å². The normalized spacial score (nSPS) is 42.1. The number of hydrogen-bond donors (Lipinski definition) is 2. The fraction of sp³-hybridized carbons (Fsp3) is 1.00. The van der Waals surface area contributed by atoms with Crippen LogP contribution in [0.2, 0.25) is 0 Å². The van der Waals surface area contributed by atoms with Gasteiger partial charge in [-0.3, -0.25) is 0 Å². The first-order chi connectivity index (χ1) is 4.74. The zero-order valence-electron chi connectivity index (χ0n) is 5.63. The fourth-order valence-electron chi connectivity index (χ4n) is 1.21. The Morgan fingerprint density at radius 1 is 1.50 bits per heavy atom. The molecule has 1 aliphatic carbocycles. The summed E-state index contributed by atoms with van der Waals surface area (Å²) in [6.45, 7) is 0. The van der Waals surface area contributed by atoms with Crippen molar-refractivity contribution in [2.24, 2.45) is 5.73 Å². The first-order valence-electron chi connectivity index (χ1n) is 3.42. The molecule has 0 radical (unpaired) electrons. The molecule has 0 aromatic heterocycles. The average molecular weight is 368 g/mol. The Kier molecular flexibility index (Phi) is 4.18. The Morgan fingerprint density at radius 3 is 2.70 bits per heavy atom. The van der Waals surface area contributed by atoms with Gasteiger partial charge in [0.2, 0.25) is 0 Å². The molecule has 3 unspecified atom stereocenters. The van der Waals surface area contributed by atoms with Gasteiger partial charge in [-0.1, -0.05) is 0 Å². The molecule has 0 spiro atoms. The van der Waals surface area contributed by atoms with Gasteiger partial charge < -0.3 is 0 Å². The molecule has 2 nitrogen and oxygen atoms in total. The molecule has 1 rings (SSSR count). The van der Waals surface area contributed by atoms with Crippen LogP contribution in [-0.4, -0.2) is 21.2 Å². The van der Waals surface area contributed by atoms with Crippen molar-refractivity contribution in [2.75, 3.05) is 0 Å². The van der Waals surface area contributed by atoms with Gasteiger partial charge in [0.05, 0.1) is 0 Å². The van der Waals surface area contributed by atoms with E-state index < -0.39 is 0 Å². The molecule has 0 aromatic carbocycles. The van der Waals surface area contributed by atoms with Crippen molar-refractivity contribution in [3.63, 3.8) is 0 Å². The predicted molar refractivity (Wildman–Crippen MR) is 45.6 cm³/mol. The van der Waals surface area contributed by atoms with Crippen LogP contribution in [0.15, 0.2) is 0 Å². The quantitative estimate of drug-likeness (QED) is 0.403. The van der Waals surface area contributed by atoms with Crippen molar-refractivity contribution in [1.82, 2.24) is 0 Å². The molecule has 0 aliphatic heterocycles. The average Bonchev–Trinajstić information content (AvgIpc) is 1.95. The number of nitrogens with two attached hydrogens (primary N) is 1. The van der Waals surface area contributed by atoms with Gasteiger partial charge in [-0.25, -0.2) is 0 Å². The second-order valence-corrected chi connectivity index (χ2v) is 8.11. The number of alkyl halides is 1. The predicted octanol–water partition coefficient (Wildman–Crippen LogP) is -2.33. The summed E-state index contributed by atoms with van der Waals surface area (Å²) < 4.78 is 0.859. The van der Waals surface area contributed by atoms with Gasteiger partial charge in [-0.05, 0) is 0 Å². The Balaban J connectivity index is 2.33. The molecule has 0 amide bonds. The van der Waals surface area contributed by atoms with E-state index in [1.54, 1.807) is 0 Å². The SMILES string of the molecule is NC1CC([I-]I)CCC1O. The van der Waals surface area contributed by atoms with Crippen LogP contribution in [-0.2, 0) is 0 Å². The second-order valence-electron chi connectivity index (χ2n) is 2.72. The second kappa shape index (κ2) is 4.42. The molecular weight excluding hydrogens is 356 g/mol. The van der Waals surface area contributed by atoms with E-state index in [-0.39, 0.29) is 12.1 Å². The van der Waals surface area contributed by atoms with Gasteiger partial charge in [0, 0.05) is 0 Å². The third-order valence-corrected chi connectivity index (χ3v) is 8.18. The van der Waals surface area contributed by atoms with Crippen LogP contribution < -0.4 is 23.0 Å². The van der Waals surface area contributed by atoms with Gasteiger partial charge in [-0.15, -0.1) is 0 Å². The van der Waals surface area contributed by atoms with E-state index in [2.05, 4.69) is 18.6 Å². The summed E-state index contributed by atoms with van der Waals surface area (Å²) in [6.07, 6.45) is 2.96. The molecule has 3 atom stereocenters. The summed E-state index contributed by atoms with van der Waals surface area (Å²) in [5.74, 6) is 0. The van der Waals surface area contributed by atoms with Crippen molar-refractivity contribution < 1.29 is 22.3 Å². The van der Waals surface area contributed by atoms with E-state index in [0.717, 1.165) is 16.8 Å². The van der Waals surface area contributed by atoms with E-state index >= 15 is 0 Å². The molecule has 62 valence electrons. The molecule has 0 heterocycles. The summed E-state index contributed by atoms with van der Waals surface area (Å²) in [5.41, 5.74) is 5.71. The summed E-state index contributed by atoms with van der Waals surface area (Å²) in [7, 11) is 0. The van der Waals surface area contributed by atoms with Crippen LogP contribution in [0.3, 0.4) is 0 Å². The van der Waals surface area contributed by atoms with Gasteiger partial charge >= 0.3 is 82.0 Å². The third-order valence-electron chi connectivity index (χ3n) is 1.91. The van der Waals surface area contributed by atoms with E-state index in [4.69, 9.17) is 5.73 Å². The van der Waals surface area contributed by atoms with E-state index in [0.29, 0.717) is 17.2 Å². The summed E-state index contributed by atoms with van der Waals surface area (Å²) in [4.78, 5) is 0. The van der Waals surface area contributed by atoms with Gasteiger partial charge in [0.25, 0.3) is 0 Å². The molecule has 1 aliphatic rings. The van der Waals surface area contributed by atoms with Crippen molar-refractivity contribution in [3.8, 4) is 0 Å². The van der Waals surface area contributed by atoms with Crippen LogP contribution in [0.5, 0.6) is 0 Å². The number of hydrogen-bond acceptors (Lipinski definition) is 2. The first kappa shape index (κ1) is 9.47. The molecular formula is C6H12I2NO-. The molecule has 1 fully saturated rings. The summed E-state index contributed by atoms with van der Waals surface area (Å²) >= 11 is 2.82. The Hall–Kier alpha value is 1.38.